The number of aryl methyl sites for hydroxylation is 1. The maximum atomic E-state index is 12.7. The van der Waals surface area contributed by atoms with Crippen molar-refractivity contribution in [2.45, 2.75) is 31.5 Å². The number of carbonyl (C=O) groups excluding carboxylic acids is 2. The zero-order valence-electron chi connectivity index (χ0n) is 14.9. The Hall–Kier alpha value is -3.67. The van der Waals surface area contributed by atoms with Crippen LogP contribution in [-0.4, -0.2) is 24.7 Å². The second-order valence-corrected chi connectivity index (χ2v) is 6.57. The van der Waals surface area contributed by atoms with Crippen LogP contribution in [0.1, 0.15) is 29.0 Å². The summed E-state index contributed by atoms with van der Waals surface area (Å²) in [6.45, 7) is -3.06. The summed E-state index contributed by atoms with van der Waals surface area (Å²) in [6.07, 6.45) is -0.339. The van der Waals surface area contributed by atoms with Crippen LogP contribution in [0.15, 0.2) is 36.4 Å². The Morgan fingerprint density at radius 3 is 2.69 bits per heavy atom. The lowest BCUT2D eigenvalue weighted by atomic mass is 9.95. The second kappa shape index (κ2) is 7.39. The minimum absolute atomic E-state index is 0.0443. The number of imide groups is 1. The topological polar surface area (TPSA) is 97.6 Å². The van der Waals surface area contributed by atoms with E-state index in [1.807, 2.05) is 6.07 Å². The van der Waals surface area contributed by atoms with Gasteiger partial charge in [-0.15, -0.1) is 0 Å². The number of hydrogen-bond acceptors (Lipinski definition) is 6. The monoisotopic (exact) mass is 400 g/mol. The Balaban J connectivity index is 1.57. The molecular formula is C20H14F2N2O5. The molecule has 1 fully saturated rings. The molecule has 0 bridgehead atoms. The van der Waals surface area contributed by atoms with Crippen molar-refractivity contribution < 1.29 is 32.6 Å². The van der Waals surface area contributed by atoms with Gasteiger partial charge in [-0.3, -0.25) is 10.1 Å². The third kappa shape index (κ3) is 3.69. The van der Waals surface area contributed by atoms with Gasteiger partial charge >= 0.3 is 12.7 Å². The maximum Gasteiger partial charge on any atom is 0.414 e. The molecule has 2 aromatic carbocycles. The molecule has 2 atom stereocenters. The van der Waals surface area contributed by atoms with Gasteiger partial charge in [0.2, 0.25) is 0 Å². The summed E-state index contributed by atoms with van der Waals surface area (Å²) < 4.78 is 40.6. The first-order valence-corrected chi connectivity index (χ1v) is 8.75. The summed E-state index contributed by atoms with van der Waals surface area (Å²) in [5.74, 6) is -0.520. The predicted molar refractivity (Wildman–Crippen MR) is 93.8 cm³/mol. The Kier molecular flexibility index (Phi) is 4.76. The van der Waals surface area contributed by atoms with Crippen LogP contribution in [-0.2, 0) is 16.0 Å². The lowest BCUT2D eigenvalue weighted by Crippen LogP contribution is -2.28. The molecule has 29 heavy (non-hydrogen) atoms. The number of alkyl carbamates (subject to hydrolysis) is 1. The fourth-order valence-corrected chi connectivity index (χ4v) is 3.62. The summed E-state index contributed by atoms with van der Waals surface area (Å²) in [4.78, 5) is 23.2. The van der Waals surface area contributed by atoms with Crippen LogP contribution in [0.2, 0.25) is 0 Å². The SMILES string of the molecule is N#Cc1ccc(Oc2ccc3c(c2)CC[C@H]3[C@@H]2OC(=O)NC2=O)c(OC(F)F)c1. The van der Waals surface area contributed by atoms with Gasteiger partial charge in [-0.2, -0.15) is 14.0 Å². The molecule has 1 N–H and O–H groups in total. The van der Waals surface area contributed by atoms with Crippen molar-refractivity contribution in [3.8, 4) is 23.3 Å². The van der Waals surface area contributed by atoms with Gasteiger partial charge < -0.3 is 14.2 Å². The van der Waals surface area contributed by atoms with E-state index >= 15 is 0 Å². The molecule has 7 nitrogen and oxygen atoms in total. The molecule has 9 heteroatoms. The van der Waals surface area contributed by atoms with Crippen molar-refractivity contribution in [3.05, 3.63) is 53.1 Å². The number of hydrogen-bond donors (Lipinski definition) is 1. The smallest absolute Gasteiger partial charge is 0.414 e. The van der Waals surface area contributed by atoms with Crippen LogP contribution in [0.25, 0.3) is 0 Å². The molecule has 2 aliphatic rings. The number of nitrogens with zero attached hydrogens (tertiary/aromatic N) is 1. The Morgan fingerprint density at radius 2 is 2.00 bits per heavy atom. The molecule has 0 unspecified atom stereocenters. The molecule has 1 saturated heterocycles. The molecule has 0 radical (unpaired) electrons. The first kappa shape index (κ1) is 18.7. The highest BCUT2D eigenvalue weighted by Crippen LogP contribution is 2.41. The third-order valence-corrected chi connectivity index (χ3v) is 4.84. The minimum atomic E-state index is -3.06. The van der Waals surface area contributed by atoms with Gasteiger partial charge in [-0.25, -0.2) is 4.79 Å². The number of nitriles is 1. The number of amides is 2. The molecule has 0 saturated carbocycles. The molecule has 2 aromatic rings. The van der Waals surface area contributed by atoms with Gasteiger partial charge in [0.15, 0.2) is 17.6 Å². The zero-order valence-corrected chi connectivity index (χ0v) is 14.9. The molecule has 0 aromatic heterocycles. The van der Waals surface area contributed by atoms with E-state index < -0.39 is 24.7 Å². The highest BCUT2D eigenvalue weighted by molar-refractivity contribution is 6.00. The van der Waals surface area contributed by atoms with Crippen molar-refractivity contribution in [2.24, 2.45) is 0 Å². The Morgan fingerprint density at radius 1 is 1.17 bits per heavy atom. The van der Waals surface area contributed by atoms with E-state index in [-0.39, 0.29) is 23.0 Å². The van der Waals surface area contributed by atoms with E-state index in [0.717, 1.165) is 11.1 Å². The first-order chi connectivity index (χ1) is 13.9. The predicted octanol–water partition coefficient (Wildman–Crippen LogP) is 3.62. The Bertz CT molecular complexity index is 1030. The number of nitrogens with one attached hydrogen (secondary N) is 1. The average molecular weight is 400 g/mol. The number of fused-ring (bicyclic) bond motifs is 1. The quantitative estimate of drug-likeness (QED) is 0.823. The number of rotatable bonds is 5. The molecule has 1 aliphatic carbocycles. The average Bonchev–Trinajstić information content (AvgIpc) is 3.24. The number of benzene rings is 2. The van der Waals surface area contributed by atoms with Crippen molar-refractivity contribution >= 4 is 12.0 Å². The fraction of sp³-hybridized carbons (Fsp3) is 0.250. The van der Waals surface area contributed by atoms with Crippen LogP contribution >= 0.6 is 0 Å². The van der Waals surface area contributed by atoms with E-state index in [4.69, 9.17) is 14.7 Å². The van der Waals surface area contributed by atoms with E-state index in [0.29, 0.717) is 18.6 Å². The van der Waals surface area contributed by atoms with Crippen LogP contribution in [0, 0.1) is 11.3 Å². The summed E-state index contributed by atoms with van der Waals surface area (Å²) >= 11 is 0. The van der Waals surface area contributed by atoms with Crippen LogP contribution in [0.3, 0.4) is 0 Å². The van der Waals surface area contributed by atoms with Gasteiger partial charge in [0, 0.05) is 12.0 Å². The molecular weight excluding hydrogens is 386 g/mol. The summed E-state index contributed by atoms with van der Waals surface area (Å²) in [5.41, 5.74) is 1.94. The van der Waals surface area contributed by atoms with Crippen LogP contribution in [0.5, 0.6) is 17.2 Å². The van der Waals surface area contributed by atoms with Crippen LogP contribution in [0.4, 0.5) is 13.6 Å². The van der Waals surface area contributed by atoms with Crippen molar-refractivity contribution in [3.63, 3.8) is 0 Å². The van der Waals surface area contributed by atoms with E-state index in [1.165, 1.54) is 18.2 Å². The summed E-state index contributed by atoms with van der Waals surface area (Å²) in [5, 5.41) is 11.1. The third-order valence-electron chi connectivity index (χ3n) is 4.84. The van der Waals surface area contributed by atoms with Crippen molar-refractivity contribution in [1.29, 1.82) is 5.26 Å². The molecule has 1 heterocycles. The second-order valence-electron chi connectivity index (χ2n) is 6.57. The fourth-order valence-electron chi connectivity index (χ4n) is 3.62. The van der Waals surface area contributed by atoms with Gasteiger partial charge in [-0.1, -0.05) is 6.07 Å². The summed E-state index contributed by atoms with van der Waals surface area (Å²) in [7, 11) is 0. The van der Waals surface area contributed by atoms with Gasteiger partial charge in [0.25, 0.3) is 5.91 Å². The summed E-state index contributed by atoms with van der Waals surface area (Å²) in [6, 6.07) is 11.0. The lowest BCUT2D eigenvalue weighted by Gasteiger charge is -2.16. The normalized spacial score (nSPS) is 20.1. The van der Waals surface area contributed by atoms with E-state index in [1.54, 1.807) is 18.2 Å². The number of alkyl halides is 2. The molecule has 4 rings (SSSR count). The zero-order chi connectivity index (χ0) is 20.5. The molecule has 2 amide bonds. The molecule has 0 spiro atoms. The first-order valence-electron chi connectivity index (χ1n) is 8.75. The molecule has 148 valence electrons. The lowest BCUT2D eigenvalue weighted by molar-refractivity contribution is -0.124. The number of carbonyl (C=O) groups is 2. The van der Waals surface area contributed by atoms with Gasteiger partial charge in [0.1, 0.15) is 5.75 Å². The maximum absolute atomic E-state index is 12.7. The highest BCUT2D eigenvalue weighted by Gasteiger charge is 2.42. The van der Waals surface area contributed by atoms with Crippen molar-refractivity contribution in [1.82, 2.24) is 5.32 Å². The van der Waals surface area contributed by atoms with Crippen molar-refractivity contribution in [2.75, 3.05) is 0 Å². The van der Waals surface area contributed by atoms with E-state index in [2.05, 4.69) is 10.1 Å². The molecule has 1 aliphatic heterocycles. The standard InChI is InChI=1S/C20H14F2N2O5/c21-19(22)28-16-7-10(9-23)1-6-15(16)27-12-3-5-13-11(8-12)2-4-14(13)17-18(25)24-20(26)29-17/h1,3,5-8,14,17,19H,2,4H2,(H,24,25,26)/t14-,17+/m1/s1. The van der Waals surface area contributed by atoms with Gasteiger partial charge in [-0.05, 0) is 48.2 Å². The highest BCUT2D eigenvalue weighted by atomic mass is 19.3. The van der Waals surface area contributed by atoms with E-state index in [9.17, 15) is 18.4 Å². The number of cyclic esters (lactones) is 1. The Labute approximate surface area is 163 Å². The number of ether oxygens (including phenoxy) is 3. The van der Waals surface area contributed by atoms with Gasteiger partial charge in [0.05, 0.1) is 11.6 Å². The largest absolute Gasteiger partial charge is 0.453 e. The minimum Gasteiger partial charge on any atom is -0.453 e. The van der Waals surface area contributed by atoms with Crippen LogP contribution < -0.4 is 14.8 Å². The number of halogens is 2.